The van der Waals surface area contributed by atoms with Gasteiger partial charge in [-0.2, -0.15) is 0 Å². The number of rotatable bonds is 4. The van der Waals surface area contributed by atoms with Crippen LogP contribution in [0.15, 0.2) is 12.1 Å². The van der Waals surface area contributed by atoms with E-state index in [9.17, 15) is 0 Å². The van der Waals surface area contributed by atoms with Crippen LogP contribution in [0.1, 0.15) is 25.5 Å². The topological polar surface area (TPSA) is 57.0 Å². The Balaban J connectivity index is 1.91. The number of ether oxygens (including phenoxy) is 3. The highest BCUT2D eigenvalue weighted by Gasteiger charge is 2.32. The Morgan fingerprint density at radius 3 is 2.62 bits per heavy atom. The minimum Gasteiger partial charge on any atom is -0.493 e. The maximum atomic E-state index is 6.06. The van der Waals surface area contributed by atoms with Gasteiger partial charge < -0.3 is 19.9 Å². The quantitative estimate of drug-likeness (QED) is 0.920. The van der Waals surface area contributed by atoms with Crippen molar-refractivity contribution in [3.63, 3.8) is 0 Å². The van der Waals surface area contributed by atoms with Gasteiger partial charge in [0.05, 0.1) is 7.11 Å². The first-order valence-electron chi connectivity index (χ1n) is 7.55. The summed E-state index contributed by atoms with van der Waals surface area (Å²) in [5.41, 5.74) is 7.20. The van der Waals surface area contributed by atoms with Crippen molar-refractivity contribution in [2.45, 2.75) is 19.9 Å². The molecule has 0 amide bonds. The van der Waals surface area contributed by atoms with E-state index in [0.717, 1.165) is 30.2 Å². The molecular formula is C16H24N2O3. The van der Waals surface area contributed by atoms with Crippen LogP contribution in [0, 0.1) is 11.8 Å². The number of nitrogens with two attached hydrogens (primary N) is 1. The highest BCUT2D eigenvalue weighted by atomic mass is 16.7. The molecule has 3 atom stereocenters. The van der Waals surface area contributed by atoms with Gasteiger partial charge in [-0.3, -0.25) is 4.90 Å². The van der Waals surface area contributed by atoms with Crippen molar-refractivity contribution in [1.82, 2.24) is 4.90 Å². The number of methoxy groups -OCH3 is 1. The molecule has 3 rings (SSSR count). The highest BCUT2D eigenvalue weighted by Crippen LogP contribution is 2.44. The smallest absolute Gasteiger partial charge is 0.231 e. The first-order valence-corrected chi connectivity index (χ1v) is 7.55. The third-order valence-corrected chi connectivity index (χ3v) is 4.75. The molecule has 0 bridgehead atoms. The molecule has 116 valence electrons. The summed E-state index contributed by atoms with van der Waals surface area (Å²) in [4.78, 5) is 2.46. The summed E-state index contributed by atoms with van der Waals surface area (Å²) in [6, 6.07) is 4.26. The second-order valence-electron chi connectivity index (χ2n) is 6.12. The van der Waals surface area contributed by atoms with Crippen molar-refractivity contribution >= 4 is 0 Å². The number of hydrogen-bond acceptors (Lipinski definition) is 5. The second kappa shape index (κ2) is 5.73. The molecule has 0 saturated carbocycles. The van der Waals surface area contributed by atoms with Crippen LogP contribution in [0.5, 0.6) is 17.2 Å². The number of nitrogens with zero attached hydrogens (tertiary/aromatic N) is 1. The Morgan fingerprint density at radius 1 is 1.29 bits per heavy atom. The van der Waals surface area contributed by atoms with Crippen LogP contribution in [0.25, 0.3) is 0 Å². The Morgan fingerprint density at radius 2 is 2.00 bits per heavy atom. The average Bonchev–Trinajstić information content (AvgIpc) is 3.06. The van der Waals surface area contributed by atoms with Gasteiger partial charge in [-0.25, -0.2) is 0 Å². The molecule has 5 nitrogen and oxygen atoms in total. The van der Waals surface area contributed by atoms with Crippen molar-refractivity contribution in [3.8, 4) is 17.2 Å². The maximum absolute atomic E-state index is 6.06. The van der Waals surface area contributed by atoms with E-state index < -0.39 is 0 Å². The zero-order valence-corrected chi connectivity index (χ0v) is 13.0. The first-order chi connectivity index (χ1) is 10.1. The van der Waals surface area contributed by atoms with Crippen molar-refractivity contribution in [1.29, 1.82) is 0 Å². The van der Waals surface area contributed by atoms with Crippen molar-refractivity contribution in [2.75, 3.05) is 33.5 Å². The summed E-state index contributed by atoms with van der Waals surface area (Å²) in [6.07, 6.45) is 0. The standard InChI is InChI=1S/C16H24N2O3/c1-10-7-18(8-11(10)2)13(6-17)12-4-14(19-3)16-15(5-12)20-9-21-16/h4-5,10-11,13H,6-9,17H2,1-3H3. The molecule has 5 heteroatoms. The van der Waals surface area contributed by atoms with Gasteiger partial charge in [-0.1, -0.05) is 13.8 Å². The number of benzene rings is 1. The summed E-state index contributed by atoms with van der Waals surface area (Å²) in [5, 5.41) is 0. The molecule has 2 N–H and O–H groups in total. The lowest BCUT2D eigenvalue weighted by atomic mass is 10.0. The average molecular weight is 292 g/mol. The van der Waals surface area contributed by atoms with Crippen molar-refractivity contribution < 1.29 is 14.2 Å². The molecule has 0 radical (unpaired) electrons. The highest BCUT2D eigenvalue weighted by molar-refractivity contribution is 5.55. The minimum atomic E-state index is 0.195. The molecule has 21 heavy (non-hydrogen) atoms. The Labute approximate surface area is 126 Å². The van der Waals surface area contributed by atoms with Crippen LogP contribution in [0.3, 0.4) is 0 Å². The Bertz CT molecular complexity index is 510. The van der Waals surface area contributed by atoms with E-state index in [-0.39, 0.29) is 12.8 Å². The van der Waals surface area contributed by atoms with Gasteiger partial charge in [0.15, 0.2) is 11.5 Å². The second-order valence-corrected chi connectivity index (χ2v) is 6.12. The van der Waals surface area contributed by atoms with Gasteiger partial charge in [-0.15, -0.1) is 0 Å². The molecule has 1 fully saturated rings. The molecule has 1 aromatic carbocycles. The molecule has 2 aliphatic rings. The number of fused-ring (bicyclic) bond motifs is 1. The fraction of sp³-hybridized carbons (Fsp3) is 0.625. The molecule has 0 spiro atoms. The van der Waals surface area contributed by atoms with E-state index in [0.29, 0.717) is 24.1 Å². The largest absolute Gasteiger partial charge is 0.493 e. The lowest BCUT2D eigenvalue weighted by molar-refractivity contribution is 0.171. The molecular weight excluding hydrogens is 268 g/mol. The third-order valence-electron chi connectivity index (χ3n) is 4.75. The lowest BCUT2D eigenvalue weighted by Crippen LogP contribution is -2.32. The zero-order chi connectivity index (χ0) is 15.0. The minimum absolute atomic E-state index is 0.195. The Hall–Kier alpha value is -1.46. The van der Waals surface area contributed by atoms with E-state index in [1.807, 2.05) is 12.1 Å². The monoisotopic (exact) mass is 292 g/mol. The summed E-state index contributed by atoms with van der Waals surface area (Å²) in [7, 11) is 1.65. The van der Waals surface area contributed by atoms with Gasteiger partial charge in [-0.05, 0) is 29.5 Å². The molecule has 1 saturated heterocycles. The first kappa shape index (κ1) is 14.5. The summed E-state index contributed by atoms with van der Waals surface area (Å²) in [6.45, 7) is 7.61. The molecule has 3 unspecified atom stereocenters. The SMILES string of the molecule is COc1cc(C(CN)N2CC(C)C(C)C2)cc2c1OCO2. The summed E-state index contributed by atoms with van der Waals surface area (Å²) >= 11 is 0. The fourth-order valence-corrected chi connectivity index (χ4v) is 3.27. The number of hydrogen-bond donors (Lipinski definition) is 1. The van der Waals surface area contributed by atoms with Crippen molar-refractivity contribution in [3.05, 3.63) is 17.7 Å². The van der Waals surface area contributed by atoms with Crippen LogP contribution in [-0.4, -0.2) is 38.4 Å². The van der Waals surface area contributed by atoms with E-state index in [1.165, 1.54) is 0 Å². The van der Waals surface area contributed by atoms with E-state index in [2.05, 4.69) is 18.7 Å². The normalized spacial score (nSPS) is 26.1. The van der Waals surface area contributed by atoms with Crippen LogP contribution < -0.4 is 19.9 Å². The van der Waals surface area contributed by atoms with Gasteiger partial charge in [0.25, 0.3) is 0 Å². The van der Waals surface area contributed by atoms with E-state index in [4.69, 9.17) is 19.9 Å². The van der Waals surface area contributed by atoms with Crippen LogP contribution >= 0.6 is 0 Å². The van der Waals surface area contributed by atoms with Crippen LogP contribution in [0.4, 0.5) is 0 Å². The molecule has 2 heterocycles. The van der Waals surface area contributed by atoms with E-state index in [1.54, 1.807) is 7.11 Å². The molecule has 0 aliphatic carbocycles. The van der Waals surface area contributed by atoms with Gasteiger partial charge in [0, 0.05) is 25.7 Å². The van der Waals surface area contributed by atoms with Gasteiger partial charge in [0.2, 0.25) is 12.5 Å². The predicted molar refractivity (Wildman–Crippen MR) is 80.8 cm³/mol. The van der Waals surface area contributed by atoms with Gasteiger partial charge in [0.1, 0.15) is 0 Å². The fourth-order valence-electron chi connectivity index (χ4n) is 3.27. The third kappa shape index (κ3) is 2.56. The molecule has 0 aromatic heterocycles. The van der Waals surface area contributed by atoms with Crippen molar-refractivity contribution in [2.24, 2.45) is 17.6 Å². The molecule has 1 aromatic rings. The zero-order valence-electron chi connectivity index (χ0n) is 13.0. The predicted octanol–water partition coefficient (Wildman–Crippen LogP) is 2.01. The summed E-state index contributed by atoms with van der Waals surface area (Å²) in [5.74, 6) is 3.58. The Kier molecular flexibility index (Phi) is 3.95. The summed E-state index contributed by atoms with van der Waals surface area (Å²) < 4.78 is 16.4. The number of likely N-dealkylation sites (tertiary alicyclic amines) is 1. The lowest BCUT2D eigenvalue weighted by Gasteiger charge is -2.27. The van der Waals surface area contributed by atoms with Crippen LogP contribution in [0.2, 0.25) is 0 Å². The van der Waals surface area contributed by atoms with Crippen LogP contribution in [-0.2, 0) is 0 Å². The van der Waals surface area contributed by atoms with E-state index >= 15 is 0 Å². The maximum Gasteiger partial charge on any atom is 0.231 e. The van der Waals surface area contributed by atoms with Gasteiger partial charge >= 0.3 is 0 Å². The molecule has 2 aliphatic heterocycles.